The van der Waals surface area contributed by atoms with Crippen molar-refractivity contribution in [3.8, 4) is 0 Å². The molecule has 0 atom stereocenters. The van der Waals surface area contributed by atoms with Crippen LogP contribution in [-0.2, 0) is 19.0 Å². The monoisotopic (exact) mass is 494 g/mol. The van der Waals surface area contributed by atoms with Gasteiger partial charge in [0.05, 0.1) is 30.4 Å². The number of hydrogen-bond acceptors (Lipinski definition) is 4. The van der Waals surface area contributed by atoms with E-state index in [9.17, 15) is 37.1 Å². The van der Waals surface area contributed by atoms with Crippen LogP contribution in [0.5, 0.6) is 0 Å². The molecule has 140 valence electrons. The van der Waals surface area contributed by atoms with Crippen LogP contribution in [0.1, 0.15) is 0 Å². The molecule has 2 aromatic rings. The fraction of sp³-hybridized carbons (Fsp3) is 0. The van der Waals surface area contributed by atoms with Gasteiger partial charge in [0.15, 0.2) is 0 Å². The van der Waals surface area contributed by atoms with Crippen LogP contribution in [0.2, 0.25) is 10.0 Å². The van der Waals surface area contributed by atoms with Crippen molar-refractivity contribution in [3.63, 3.8) is 0 Å². The van der Waals surface area contributed by atoms with E-state index >= 15 is 0 Å². The second-order valence-corrected chi connectivity index (χ2v) is 10.7. The van der Waals surface area contributed by atoms with Crippen LogP contribution in [0.4, 0.5) is 0 Å². The van der Waals surface area contributed by atoms with E-state index in [-0.39, 0.29) is 69.2 Å². The van der Waals surface area contributed by atoms with Crippen molar-refractivity contribution in [3.05, 3.63) is 46.4 Å². The zero-order valence-corrected chi connectivity index (χ0v) is 16.1. The van der Waals surface area contributed by atoms with Crippen LogP contribution in [0.25, 0.3) is 0 Å². The molecule has 0 aromatic heterocycles. The number of hydrogen-bond donors (Lipinski definition) is 4. The Morgan fingerprint density at radius 1 is 0.704 bits per heavy atom. The number of halogens is 2. The molecule has 0 saturated heterocycles. The van der Waals surface area contributed by atoms with Crippen molar-refractivity contribution < 1.29 is 37.1 Å². The molecule has 2 rings (SSSR count). The van der Waals surface area contributed by atoms with E-state index in [0.29, 0.717) is 12.1 Å². The Labute approximate surface area is 209 Å². The van der Waals surface area contributed by atoms with E-state index in [1.54, 1.807) is 0 Å². The fourth-order valence-electron chi connectivity index (χ4n) is 1.90. The first-order chi connectivity index (χ1) is 11.2. The molecule has 2 aromatic carbocycles. The van der Waals surface area contributed by atoms with Gasteiger partial charge in [0.2, 0.25) is 9.84 Å². The van der Waals surface area contributed by atoms with Crippen LogP contribution < -0.4 is 10.6 Å². The summed E-state index contributed by atoms with van der Waals surface area (Å²) in [6, 6.07) is 5.46. The summed E-state index contributed by atoms with van der Waals surface area (Å²) in [4.78, 5) is 35.9. The minimum absolute atomic E-state index is 0. The summed E-state index contributed by atoms with van der Waals surface area (Å²) in [6.45, 7) is 0. The van der Waals surface area contributed by atoms with Gasteiger partial charge in [0.1, 0.15) is 0 Å². The zero-order chi connectivity index (χ0) is 19.2. The molecular formula is C12H12Cl2Na2O8P2S. The molecule has 15 heteroatoms. The van der Waals surface area contributed by atoms with Gasteiger partial charge in [-0.3, -0.25) is 9.13 Å². The molecule has 0 radical (unpaired) electrons. The molecule has 0 fully saturated rings. The minimum atomic E-state index is -4.83. The molecule has 27 heavy (non-hydrogen) atoms. The molecule has 0 saturated carbocycles. The number of rotatable bonds is 4. The van der Waals surface area contributed by atoms with Crippen molar-refractivity contribution in [1.82, 2.24) is 0 Å². The SMILES string of the molecule is O=P(O)(O)c1cc(S(=O)(=O)c2ccc(Cl)c(P(=O)(O)O)c2)ccc1Cl.[NaH].[NaH]. The van der Waals surface area contributed by atoms with Crippen LogP contribution >= 0.6 is 38.4 Å². The second-order valence-electron chi connectivity index (χ2n) is 4.82. The van der Waals surface area contributed by atoms with Gasteiger partial charge in [0.25, 0.3) is 0 Å². The summed E-state index contributed by atoms with van der Waals surface area (Å²) >= 11 is 11.4. The van der Waals surface area contributed by atoms with E-state index in [4.69, 9.17) is 23.2 Å². The van der Waals surface area contributed by atoms with Crippen molar-refractivity contribution >= 4 is 118 Å². The van der Waals surface area contributed by atoms with Gasteiger partial charge < -0.3 is 19.6 Å². The third kappa shape index (κ3) is 6.62. The third-order valence-electron chi connectivity index (χ3n) is 3.08. The van der Waals surface area contributed by atoms with E-state index < -0.39 is 45.4 Å². The molecule has 4 N–H and O–H groups in total. The predicted molar refractivity (Wildman–Crippen MR) is 106 cm³/mol. The van der Waals surface area contributed by atoms with Gasteiger partial charge in [-0.2, -0.15) is 0 Å². The molecule has 0 aliphatic rings. The maximum absolute atomic E-state index is 12.6. The standard InChI is InChI=1S/C12H10Cl2O8P2S.2Na.2H/c13-9-3-1-7(5-11(9)23(15,16)17)25(21,22)8-2-4-10(14)12(6-8)24(18,19)20;;;;/h1-6H,(H2,15,16,17)(H2,18,19,20);;;;. The van der Waals surface area contributed by atoms with Crippen molar-refractivity contribution in [2.45, 2.75) is 9.79 Å². The van der Waals surface area contributed by atoms with Crippen LogP contribution in [0, 0.1) is 0 Å². The summed E-state index contributed by atoms with van der Waals surface area (Å²) in [5.74, 6) is 0. The van der Waals surface area contributed by atoms with Crippen molar-refractivity contribution in [1.29, 1.82) is 0 Å². The predicted octanol–water partition coefficient (Wildman–Crippen LogP) is 0.135. The first-order valence-corrected chi connectivity index (χ1v) is 11.7. The van der Waals surface area contributed by atoms with E-state index in [0.717, 1.165) is 24.3 Å². The van der Waals surface area contributed by atoms with Gasteiger partial charge in [-0.1, -0.05) is 23.2 Å². The molecule has 0 amide bonds. The number of sulfone groups is 1. The Morgan fingerprint density at radius 2 is 1.00 bits per heavy atom. The summed E-state index contributed by atoms with van der Waals surface area (Å²) in [5, 5.41) is -2.00. The molecule has 8 nitrogen and oxygen atoms in total. The van der Waals surface area contributed by atoms with Crippen molar-refractivity contribution in [2.75, 3.05) is 0 Å². The zero-order valence-electron chi connectivity index (χ0n) is 11.9. The first-order valence-electron chi connectivity index (χ1n) is 6.21. The fourth-order valence-corrected chi connectivity index (χ4v) is 5.60. The average Bonchev–Trinajstić information content (AvgIpc) is 2.45. The van der Waals surface area contributed by atoms with E-state index in [2.05, 4.69) is 0 Å². The van der Waals surface area contributed by atoms with Gasteiger partial charge >= 0.3 is 74.3 Å². The quantitative estimate of drug-likeness (QED) is 0.346. The topological polar surface area (TPSA) is 149 Å². The molecule has 0 unspecified atom stereocenters. The first kappa shape index (κ1) is 28.3. The summed E-state index contributed by atoms with van der Waals surface area (Å²) in [5.41, 5.74) is 0. The number of benzene rings is 2. The van der Waals surface area contributed by atoms with Crippen molar-refractivity contribution in [2.24, 2.45) is 0 Å². The maximum atomic E-state index is 12.6. The summed E-state index contributed by atoms with van der Waals surface area (Å²) < 4.78 is 48.0. The Morgan fingerprint density at radius 3 is 1.26 bits per heavy atom. The van der Waals surface area contributed by atoms with Gasteiger partial charge in [-0.05, 0) is 36.4 Å². The summed E-state index contributed by atoms with van der Waals surface area (Å²) in [7, 11) is -14.0. The normalized spacial score (nSPS) is 12.1. The van der Waals surface area contributed by atoms with Gasteiger partial charge in [-0.25, -0.2) is 8.42 Å². The van der Waals surface area contributed by atoms with E-state index in [1.807, 2.05) is 0 Å². The second kappa shape index (κ2) is 10.1. The molecule has 0 heterocycles. The summed E-state index contributed by atoms with van der Waals surface area (Å²) in [6.07, 6.45) is 0. The van der Waals surface area contributed by atoms with Crippen LogP contribution in [0.15, 0.2) is 46.2 Å². The van der Waals surface area contributed by atoms with Gasteiger partial charge in [0, 0.05) is 0 Å². The molecule has 0 spiro atoms. The molecule has 0 bridgehead atoms. The van der Waals surface area contributed by atoms with Crippen LogP contribution in [-0.4, -0.2) is 87.1 Å². The third-order valence-corrected chi connectivity index (χ3v) is 7.75. The van der Waals surface area contributed by atoms with Crippen LogP contribution in [0.3, 0.4) is 0 Å². The Kier molecular flexibility index (Phi) is 10.5. The Hall–Kier alpha value is 1.27. The van der Waals surface area contributed by atoms with Gasteiger partial charge in [-0.15, -0.1) is 0 Å². The molecule has 0 aliphatic heterocycles. The van der Waals surface area contributed by atoms with E-state index in [1.165, 1.54) is 0 Å². The molecule has 0 aliphatic carbocycles. The average molecular weight is 495 g/mol. The molecular weight excluding hydrogens is 483 g/mol. The Balaban J connectivity index is 0.00000338. The Bertz CT molecular complexity index is 974.